The van der Waals surface area contributed by atoms with Crippen LogP contribution >= 0.6 is 22.6 Å². The van der Waals surface area contributed by atoms with Gasteiger partial charge in [-0.3, -0.25) is 0 Å². The molecule has 0 aliphatic heterocycles. The van der Waals surface area contributed by atoms with Crippen molar-refractivity contribution in [3.63, 3.8) is 0 Å². The van der Waals surface area contributed by atoms with Gasteiger partial charge in [0.1, 0.15) is 5.75 Å². The van der Waals surface area contributed by atoms with Gasteiger partial charge in [0.25, 0.3) is 0 Å². The predicted molar refractivity (Wildman–Crippen MR) is 59.5 cm³/mol. The van der Waals surface area contributed by atoms with Crippen LogP contribution in [-0.2, 0) is 0 Å². The summed E-state index contributed by atoms with van der Waals surface area (Å²) in [6.45, 7) is 0.0338. The molecule has 0 aromatic heterocycles. The molecule has 0 saturated heterocycles. The minimum absolute atomic E-state index is 0.0338. The van der Waals surface area contributed by atoms with Crippen LogP contribution in [0.2, 0.25) is 0 Å². The van der Waals surface area contributed by atoms with Crippen LogP contribution in [0.15, 0.2) is 18.2 Å². The fraction of sp³-hybridized carbons (Fsp3) is 0.333. The average molecular weight is 293 g/mol. The third kappa shape index (κ3) is 2.55. The van der Waals surface area contributed by atoms with Crippen molar-refractivity contribution in [2.45, 2.75) is 12.5 Å². The number of hydrogen-bond acceptors (Lipinski definition) is 3. The summed E-state index contributed by atoms with van der Waals surface area (Å²) >= 11 is 2.04. The second-order valence-corrected chi connectivity index (χ2v) is 3.96. The van der Waals surface area contributed by atoms with E-state index in [1.807, 2.05) is 34.7 Å². The van der Waals surface area contributed by atoms with Gasteiger partial charge in [0.15, 0.2) is 0 Å². The van der Waals surface area contributed by atoms with E-state index in [0.717, 1.165) is 3.57 Å². The lowest BCUT2D eigenvalue weighted by Crippen LogP contribution is -2.12. The van der Waals surface area contributed by atoms with E-state index in [1.54, 1.807) is 6.07 Å². The maximum Gasteiger partial charge on any atom is 0.133 e. The Hall–Kier alpha value is -0.330. The van der Waals surface area contributed by atoms with Crippen molar-refractivity contribution in [2.75, 3.05) is 6.61 Å². The maximum absolute atomic E-state index is 9.63. The smallest absolute Gasteiger partial charge is 0.133 e. The molecule has 1 aromatic rings. The Bertz CT molecular complexity index is 291. The predicted octanol–water partition coefficient (Wildman–Crippen LogP) is 1.38. The Morgan fingerprint density at radius 2 is 2.15 bits per heavy atom. The Kier molecular flexibility index (Phi) is 3.95. The van der Waals surface area contributed by atoms with Crippen LogP contribution in [0.25, 0.3) is 0 Å². The van der Waals surface area contributed by atoms with Crippen LogP contribution in [0.1, 0.15) is 18.0 Å². The third-order valence-electron chi connectivity index (χ3n) is 1.86. The Balaban J connectivity index is 2.93. The van der Waals surface area contributed by atoms with Crippen molar-refractivity contribution < 1.29 is 10.2 Å². The van der Waals surface area contributed by atoms with Crippen molar-refractivity contribution in [1.82, 2.24) is 0 Å². The molecule has 0 unspecified atom stereocenters. The van der Waals surface area contributed by atoms with E-state index in [4.69, 9.17) is 10.8 Å². The molecular formula is C9H12INO2. The van der Waals surface area contributed by atoms with Gasteiger partial charge in [-0.25, -0.2) is 0 Å². The van der Waals surface area contributed by atoms with Crippen molar-refractivity contribution in [3.05, 3.63) is 27.3 Å². The Morgan fingerprint density at radius 3 is 2.77 bits per heavy atom. The molecule has 0 aliphatic rings. The molecule has 3 nitrogen and oxygen atoms in total. The third-order valence-corrected chi connectivity index (χ3v) is 2.73. The molecule has 1 rings (SSSR count). The lowest BCUT2D eigenvalue weighted by atomic mass is 10.0. The highest BCUT2D eigenvalue weighted by Crippen LogP contribution is 2.28. The second kappa shape index (κ2) is 4.78. The molecule has 72 valence electrons. The molecule has 0 bridgehead atoms. The highest BCUT2D eigenvalue weighted by molar-refractivity contribution is 14.1. The average Bonchev–Trinajstić information content (AvgIpc) is 2.10. The Labute approximate surface area is 90.7 Å². The number of rotatable bonds is 3. The molecule has 0 radical (unpaired) electrons. The van der Waals surface area contributed by atoms with E-state index in [9.17, 15) is 5.11 Å². The topological polar surface area (TPSA) is 66.5 Å². The number of nitrogens with two attached hydrogens (primary N) is 1. The van der Waals surface area contributed by atoms with E-state index in [-0.39, 0.29) is 18.4 Å². The van der Waals surface area contributed by atoms with Gasteiger partial charge >= 0.3 is 0 Å². The second-order valence-electron chi connectivity index (χ2n) is 2.80. The number of para-hydroxylation sites is 1. The first-order valence-corrected chi connectivity index (χ1v) is 5.08. The summed E-state index contributed by atoms with van der Waals surface area (Å²) in [5.74, 6) is 0.226. The van der Waals surface area contributed by atoms with Crippen LogP contribution in [0.3, 0.4) is 0 Å². The molecular weight excluding hydrogens is 281 g/mol. The van der Waals surface area contributed by atoms with E-state index < -0.39 is 0 Å². The van der Waals surface area contributed by atoms with Crippen LogP contribution in [0.4, 0.5) is 0 Å². The summed E-state index contributed by atoms with van der Waals surface area (Å²) in [7, 11) is 0. The fourth-order valence-electron chi connectivity index (χ4n) is 1.13. The first kappa shape index (κ1) is 10.7. The minimum atomic E-state index is -0.292. The van der Waals surface area contributed by atoms with Gasteiger partial charge in [-0.05, 0) is 35.1 Å². The van der Waals surface area contributed by atoms with Crippen molar-refractivity contribution >= 4 is 22.6 Å². The van der Waals surface area contributed by atoms with Gasteiger partial charge in [0, 0.05) is 18.2 Å². The lowest BCUT2D eigenvalue weighted by Gasteiger charge is -2.12. The van der Waals surface area contributed by atoms with Gasteiger partial charge in [-0.15, -0.1) is 0 Å². The van der Waals surface area contributed by atoms with Crippen molar-refractivity contribution in [1.29, 1.82) is 0 Å². The normalized spacial score (nSPS) is 12.8. The zero-order valence-electron chi connectivity index (χ0n) is 7.07. The fourth-order valence-corrected chi connectivity index (χ4v) is 1.64. The SMILES string of the molecule is N[C@@H](CCO)c1cccc(I)c1O. The number of aromatic hydroxyl groups is 1. The van der Waals surface area contributed by atoms with E-state index in [0.29, 0.717) is 12.0 Å². The number of benzene rings is 1. The molecule has 0 heterocycles. The van der Waals surface area contributed by atoms with Crippen LogP contribution in [-0.4, -0.2) is 16.8 Å². The zero-order valence-corrected chi connectivity index (χ0v) is 9.23. The van der Waals surface area contributed by atoms with Crippen LogP contribution in [0.5, 0.6) is 5.75 Å². The number of hydrogen-bond donors (Lipinski definition) is 3. The molecule has 0 spiro atoms. The van der Waals surface area contributed by atoms with Crippen LogP contribution < -0.4 is 5.73 Å². The summed E-state index contributed by atoms with van der Waals surface area (Å²) < 4.78 is 0.781. The lowest BCUT2D eigenvalue weighted by molar-refractivity contribution is 0.275. The van der Waals surface area contributed by atoms with Crippen LogP contribution in [0, 0.1) is 3.57 Å². The number of phenols is 1. The maximum atomic E-state index is 9.63. The Morgan fingerprint density at radius 1 is 1.46 bits per heavy atom. The first-order chi connectivity index (χ1) is 6.16. The number of aliphatic hydroxyl groups excluding tert-OH is 1. The van der Waals surface area contributed by atoms with Crippen molar-refractivity contribution in [3.8, 4) is 5.75 Å². The molecule has 13 heavy (non-hydrogen) atoms. The molecule has 4 heteroatoms. The highest BCUT2D eigenvalue weighted by Gasteiger charge is 2.11. The minimum Gasteiger partial charge on any atom is -0.506 e. The summed E-state index contributed by atoms with van der Waals surface area (Å²) in [6.07, 6.45) is 0.466. The van der Waals surface area contributed by atoms with Gasteiger partial charge in [-0.2, -0.15) is 0 Å². The summed E-state index contributed by atoms with van der Waals surface area (Å²) in [5, 5.41) is 18.3. The van der Waals surface area contributed by atoms with Gasteiger partial charge in [0.05, 0.1) is 3.57 Å². The molecule has 1 atom stereocenters. The van der Waals surface area contributed by atoms with E-state index in [2.05, 4.69) is 0 Å². The van der Waals surface area contributed by atoms with Gasteiger partial charge < -0.3 is 15.9 Å². The van der Waals surface area contributed by atoms with Crippen molar-refractivity contribution in [2.24, 2.45) is 5.73 Å². The highest BCUT2D eigenvalue weighted by atomic mass is 127. The van der Waals surface area contributed by atoms with Gasteiger partial charge in [-0.1, -0.05) is 12.1 Å². The monoisotopic (exact) mass is 293 g/mol. The zero-order chi connectivity index (χ0) is 9.84. The summed E-state index contributed by atoms with van der Waals surface area (Å²) in [5.41, 5.74) is 6.45. The number of halogens is 1. The molecule has 0 fully saturated rings. The largest absolute Gasteiger partial charge is 0.506 e. The molecule has 1 aromatic carbocycles. The standard InChI is InChI=1S/C9H12INO2/c10-7-3-1-2-6(9(7)13)8(11)4-5-12/h1-3,8,12-13H,4-5,11H2/t8-/m0/s1. The van der Waals surface area contributed by atoms with E-state index in [1.165, 1.54) is 0 Å². The van der Waals surface area contributed by atoms with E-state index >= 15 is 0 Å². The number of aliphatic hydroxyl groups is 1. The first-order valence-electron chi connectivity index (χ1n) is 4.00. The summed E-state index contributed by atoms with van der Waals surface area (Å²) in [4.78, 5) is 0. The molecule has 0 aliphatic carbocycles. The quantitative estimate of drug-likeness (QED) is 0.738. The molecule has 0 amide bonds. The molecule has 4 N–H and O–H groups in total. The van der Waals surface area contributed by atoms with Gasteiger partial charge in [0.2, 0.25) is 0 Å². The summed E-state index contributed by atoms with van der Waals surface area (Å²) in [6, 6.07) is 5.14. The molecule has 0 saturated carbocycles. The number of phenolic OH excluding ortho intramolecular Hbond substituents is 1.